The Labute approximate surface area is 244 Å². The number of para-hydroxylation sites is 1. The van der Waals surface area contributed by atoms with E-state index >= 15 is 0 Å². The highest BCUT2D eigenvalue weighted by molar-refractivity contribution is 6.01. The molecule has 40 heavy (non-hydrogen) atoms. The molecule has 1 aliphatic heterocycles. The Bertz CT molecular complexity index is 1080. The molecule has 0 radical (unpaired) electrons. The van der Waals surface area contributed by atoms with Gasteiger partial charge in [-0.2, -0.15) is 5.10 Å². The van der Waals surface area contributed by atoms with Gasteiger partial charge in [0.15, 0.2) is 5.84 Å². The summed E-state index contributed by atoms with van der Waals surface area (Å²) in [5.74, 6) is 13.2. The summed E-state index contributed by atoms with van der Waals surface area (Å²) in [4.78, 5) is 4.88. The summed E-state index contributed by atoms with van der Waals surface area (Å²) < 4.78 is 0. The van der Waals surface area contributed by atoms with Crippen molar-refractivity contribution >= 4 is 11.5 Å². The number of amidine groups is 1. The van der Waals surface area contributed by atoms with Gasteiger partial charge in [0.1, 0.15) is 0 Å². The second kappa shape index (κ2) is 20.5. The molecule has 0 aromatic heterocycles. The highest BCUT2D eigenvalue weighted by atomic mass is 15.5. The highest BCUT2D eigenvalue weighted by Gasteiger charge is 2.32. The van der Waals surface area contributed by atoms with Gasteiger partial charge in [-0.25, -0.2) is 5.84 Å². The Kier molecular flexibility index (Phi) is 17.7. The van der Waals surface area contributed by atoms with E-state index in [1.807, 2.05) is 83.2 Å². The number of benzene rings is 2. The van der Waals surface area contributed by atoms with Crippen LogP contribution >= 0.6 is 0 Å². The fourth-order valence-electron chi connectivity index (χ4n) is 4.43. The lowest BCUT2D eigenvalue weighted by atomic mass is 10.0. The maximum atomic E-state index is 6.63. The van der Waals surface area contributed by atoms with Gasteiger partial charge in [0, 0.05) is 32.7 Å². The lowest BCUT2D eigenvalue weighted by Crippen LogP contribution is -2.53. The van der Waals surface area contributed by atoms with Crippen LogP contribution in [-0.4, -0.2) is 48.4 Å². The summed E-state index contributed by atoms with van der Waals surface area (Å²) in [6, 6.07) is 18.2. The molecule has 3 rings (SSSR count). The third-order valence-electron chi connectivity index (χ3n) is 6.46. The lowest BCUT2D eigenvalue weighted by Gasteiger charge is -2.41. The average molecular weight is 545 g/mol. The number of anilines is 1. The first-order valence-corrected chi connectivity index (χ1v) is 14.6. The van der Waals surface area contributed by atoms with Gasteiger partial charge in [0.05, 0.1) is 11.7 Å². The molecule has 1 aliphatic rings. The van der Waals surface area contributed by atoms with Crippen LogP contribution in [0.2, 0.25) is 0 Å². The van der Waals surface area contributed by atoms with Crippen LogP contribution in [0.1, 0.15) is 58.2 Å². The van der Waals surface area contributed by atoms with E-state index < -0.39 is 0 Å². The first kappa shape index (κ1) is 34.6. The van der Waals surface area contributed by atoms with Crippen LogP contribution in [0.5, 0.6) is 0 Å². The van der Waals surface area contributed by atoms with Gasteiger partial charge in [-0.15, -0.1) is 0 Å². The van der Waals surface area contributed by atoms with Gasteiger partial charge in [-0.05, 0) is 36.1 Å². The summed E-state index contributed by atoms with van der Waals surface area (Å²) in [5.41, 5.74) is 4.21. The molecule has 0 bridgehead atoms. The van der Waals surface area contributed by atoms with Crippen LogP contribution < -0.4 is 16.7 Å². The van der Waals surface area contributed by atoms with E-state index in [1.165, 1.54) is 0 Å². The Balaban J connectivity index is 0.00000191. The van der Waals surface area contributed by atoms with Crippen LogP contribution in [-0.2, 0) is 0 Å². The maximum Gasteiger partial charge on any atom is 0.165 e. The van der Waals surface area contributed by atoms with E-state index in [2.05, 4.69) is 70.9 Å². The zero-order valence-corrected chi connectivity index (χ0v) is 25.6. The van der Waals surface area contributed by atoms with Crippen LogP contribution in [0.15, 0.2) is 108 Å². The van der Waals surface area contributed by atoms with E-state index in [9.17, 15) is 0 Å². The van der Waals surface area contributed by atoms with Gasteiger partial charge in [0.2, 0.25) is 0 Å². The molecule has 6 nitrogen and oxygen atoms in total. The highest BCUT2D eigenvalue weighted by Crippen LogP contribution is 2.28. The maximum absolute atomic E-state index is 6.63. The minimum absolute atomic E-state index is 0.140. The van der Waals surface area contributed by atoms with Gasteiger partial charge >= 0.3 is 0 Å². The molecule has 1 fully saturated rings. The molecular formula is C34H52N6. The molecule has 1 atom stereocenters. The zero-order valence-electron chi connectivity index (χ0n) is 25.6. The molecular weight excluding hydrogens is 492 g/mol. The summed E-state index contributed by atoms with van der Waals surface area (Å²) >= 11 is 0. The predicted octanol–water partition coefficient (Wildman–Crippen LogP) is 6.99. The third kappa shape index (κ3) is 10.6. The summed E-state index contributed by atoms with van der Waals surface area (Å²) in [5, 5.41) is 5.85. The van der Waals surface area contributed by atoms with Gasteiger partial charge in [-0.3, -0.25) is 14.8 Å². The Morgan fingerprint density at radius 3 is 2.17 bits per heavy atom. The number of hydrazine groups is 1. The standard InChI is InChI=1S/C30H40N6.2C2H6/c1-4-6-8-15-26(5-2)16-13-20-34-21-23-35(24-22-34)29(27-17-9-7-10-18-27)30(33-31)36(32)28-19-12-11-14-25(28)3;2*1-2/h5-19,29H,2,4,20-24,31-32H2,1,3H3;2*1-2H3/b8-6-,16-13+,26-15+,33-30-;;. The van der Waals surface area contributed by atoms with Crippen molar-refractivity contribution in [3.63, 3.8) is 0 Å². The van der Waals surface area contributed by atoms with Gasteiger partial charge in [0.25, 0.3) is 0 Å². The molecule has 4 N–H and O–H groups in total. The van der Waals surface area contributed by atoms with Crippen LogP contribution in [0.25, 0.3) is 0 Å². The number of allylic oxidation sites excluding steroid dienone is 6. The van der Waals surface area contributed by atoms with Crippen molar-refractivity contribution in [2.45, 2.75) is 54.0 Å². The van der Waals surface area contributed by atoms with Gasteiger partial charge in [-0.1, -0.05) is 126 Å². The minimum atomic E-state index is -0.140. The predicted molar refractivity (Wildman–Crippen MR) is 176 cm³/mol. The van der Waals surface area contributed by atoms with E-state index in [0.717, 1.165) is 61.5 Å². The zero-order chi connectivity index (χ0) is 29.8. The van der Waals surface area contributed by atoms with E-state index in [1.54, 1.807) is 5.01 Å². The Morgan fingerprint density at radius 1 is 0.975 bits per heavy atom. The van der Waals surface area contributed by atoms with Crippen molar-refractivity contribution in [3.05, 3.63) is 114 Å². The van der Waals surface area contributed by atoms with Crippen molar-refractivity contribution in [2.75, 3.05) is 37.7 Å². The molecule has 0 saturated carbocycles. The largest absolute Gasteiger partial charge is 0.321 e. The number of hydrogen-bond donors (Lipinski definition) is 2. The Morgan fingerprint density at radius 2 is 1.60 bits per heavy atom. The molecule has 0 aliphatic carbocycles. The van der Waals surface area contributed by atoms with Crippen molar-refractivity contribution in [3.8, 4) is 0 Å². The number of aryl methyl sites for hydroxylation is 1. The summed E-state index contributed by atoms with van der Waals surface area (Å²) in [6.07, 6.45) is 13.6. The number of hydrazone groups is 1. The van der Waals surface area contributed by atoms with Crippen LogP contribution in [0.4, 0.5) is 5.69 Å². The average Bonchev–Trinajstić information content (AvgIpc) is 3.02. The first-order valence-electron chi connectivity index (χ1n) is 14.6. The molecule has 0 spiro atoms. The van der Waals surface area contributed by atoms with E-state index in [4.69, 9.17) is 11.7 Å². The third-order valence-corrected chi connectivity index (χ3v) is 6.46. The lowest BCUT2D eigenvalue weighted by molar-refractivity contribution is 0.126. The smallest absolute Gasteiger partial charge is 0.165 e. The molecule has 2 aromatic carbocycles. The second-order valence-electron chi connectivity index (χ2n) is 8.90. The summed E-state index contributed by atoms with van der Waals surface area (Å²) in [7, 11) is 0. The minimum Gasteiger partial charge on any atom is -0.321 e. The molecule has 218 valence electrons. The second-order valence-corrected chi connectivity index (χ2v) is 8.90. The fourth-order valence-corrected chi connectivity index (χ4v) is 4.43. The van der Waals surface area contributed by atoms with E-state index in [0.29, 0.717) is 5.84 Å². The summed E-state index contributed by atoms with van der Waals surface area (Å²) in [6.45, 7) is 20.7. The van der Waals surface area contributed by atoms with Crippen molar-refractivity contribution in [1.29, 1.82) is 0 Å². The van der Waals surface area contributed by atoms with E-state index in [-0.39, 0.29) is 6.04 Å². The number of nitrogens with two attached hydrogens (primary N) is 2. The topological polar surface area (TPSA) is 74.1 Å². The first-order chi connectivity index (χ1) is 19.6. The number of nitrogens with zero attached hydrogens (tertiary/aromatic N) is 4. The van der Waals surface area contributed by atoms with Gasteiger partial charge < -0.3 is 5.84 Å². The molecule has 2 aromatic rings. The molecule has 6 heteroatoms. The molecule has 1 heterocycles. The quantitative estimate of drug-likeness (QED) is 0.111. The molecule has 1 saturated heterocycles. The van der Waals surface area contributed by atoms with Crippen LogP contribution in [0, 0.1) is 6.92 Å². The monoisotopic (exact) mass is 544 g/mol. The molecule has 0 amide bonds. The Hall–Kier alpha value is -3.45. The van der Waals surface area contributed by atoms with Crippen LogP contribution in [0.3, 0.4) is 0 Å². The van der Waals surface area contributed by atoms with Crippen molar-refractivity contribution in [2.24, 2.45) is 16.8 Å². The number of piperazine rings is 1. The number of rotatable bonds is 10. The SMILES string of the molecule is C=CC(/C=C/CN1CCN(C(/C(=N/N)N(N)c2ccccc2C)c2ccccc2)CC1)=C\C=C/CC.CC.CC. The number of hydrogen-bond acceptors (Lipinski definition) is 5. The van der Waals surface area contributed by atoms with Crippen molar-refractivity contribution in [1.82, 2.24) is 9.80 Å². The fraction of sp³-hybridized carbons (Fsp3) is 0.382. The molecule has 1 unspecified atom stereocenters. The van der Waals surface area contributed by atoms with Crippen molar-refractivity contribution < 1.29 is 0 Å². The normalized spacial score (nSPS) is 15.7.